The van der Waals surface area contributed by atoms with Crippen LogP contribution in [0.3, 0.4) is 0 Å². The maximum Gasteiger partial charge on any atom is 0.149 e. The van der Waals surface area contributed by atoms with Crippen LogP contribution in [0, 0.1) is 0 Å². The summed E-state index contributed by atoms with van der Waals surface area (Å²) in [6.45, 7) is 8.92. The summed E-state index contributed by atoms with van der Waals surface area (Å²) >= 11 is 1.95. The van der Waals surface area contributed by atoms with Crippen molar-refractivity contribution in [3.63, 3.8) is 0 Å². The molecule has 2 aliphatic rings. The summed E-state index contributed by atoms with van der Waals surface area (Å²) in [5, 5.41) is 3.36. The third-order valence-corrected chi connectivity index (χ3v) is 3.73. The fourth-order valence-corrected chi connectivity index (χ4v) is 2.79. The molecule has 1 saturated heterocycles. The highest BCUT2D eigenvalue weighted by atomic mass is 32.2. The molecular weight excluding hydrogens is 182 g/mol. The van der Waals surface area contributed by atoms with Gasteiger partial charge in [0.25, 0.3) is 0 Å². The van der Waals surface area contributed by atoms with Crippen molar-refractivity contribution in [1.82, 2.24) is 10.2 Å². The van der Waals surface area contributed by atoms with E-state index in [9.17, 15) is 0 Å². The Morgan fingerprint density at radius 1 is 1.46 bits per heavy atom. The minimum atomic E-state index is 0.232. The second-order valence-electron chi connectivity index (χ2n) is 4.11. The van der Waals surface area contributed by atoms with Crippen LogP contribution in [0.15, 0.2) is 4.99 Å². The van der Waals surface area contributed by atoms with E-state index < -0.39 is 0 Å². The summed E-state index contributed by atoms with van der Waals surface area (Å²) in [5.41, 5.74) is 0.372. The van der Waals surface area contributed by atoms with Gasteiger partial charge in [-0.15, -0.1) is 11.8 Å². The molecule has 0 radical (unpaired) electrons. The van der Waals surface area contributed by atoms with E-state index in [1.54, 1.807) is 0 Å². The van der Waals surface area contributed by atoms with Gasteiger partial charge in [0.05, 0.1) is 0 Å². The Bertz CT molecular complexity index is 209. The molecule has 2 rings (SSSR count). The first-order valence-corrected chi connectivity index (χ1v) is 5.72. The Kier molecular flexibility index (Phi) is 2.62. The van der Waals surface area contributed by atoms with E-state index in [1.807, 2.05) is 11.8 Å². The van der Waals surface area contributed by atoms with Gasteiger partial charge in [-0.25, -0.2) is 0 Å². The van der Waals surface area contributed by atoms with Crippen molar-refractivity contribution in [3.8, 4) is 0 Å². The summed E-state index contributed by atoms with van der Waals surface area (Å²) in [4.78, 5) is 7.00. The average molecular weight is 199 g/mol. The number of nitrogens with zero attached hydrogens (tertiary/aromatic N) is 2. The molecule has 1 N–H and O–H groups in total. The Hall–Kier alpha value is -0.0600. The Labute approximate surface area is 84.0 Å². The van der Waals surface area contributed by atoms with Crippen molar-refractivity contribution >= 4 is 18.0 Å². The van der Waals surface area contributed by atoms with E-state index in [1.165, 1.54) is 0 Å². The largest absolute Gasteiger partial charge is 0.314 e. The molecule has 2 heterocycles. The minimum absolute atomic E-state index is 0.232. The molecule has 4 heteroatoms. The smallest absolute Gasteiger partial charge is 0.149 e. The molecule has 3 nitrogen and oxygen atoms in total. The molecular formula is C9H17N3S. The van der Waals surface area contributed by atoms with Crippen molar-refractivity contribution in [2.24, 2.45) is 4.99 Å². The number of rotatable bonds is 1. The van der Waals surface area contributed by atoms with Gasteiger partial charge in [-0.1, -0.05) is 0 Å². The molecule has 0 unspecified atom stereocenters. The lowest BCUT2D eigenvalue weighted by molar-refractivity contribution is 0.231. The zero-order valence-electron chi connectivity index (χ0n) is 8.29. The molecule has 13 heavy (non-hydrogen) atoms. The molecule has 0 aromatic rings. The highest BCUT2D eigenvalue weighted by Crippen LogP contribution is 2.35. The number of hydrogen-bond acceptors (Lipinski definition) is 4. The molecule has 0 aromatic heterocycles. The number of aliphatic imine (C=N–C) groups is 1. The van der Waals surface area contributed by atoms with Gasteiger partial charge >= 0.3 is 0 Å². The maximum absolute atomic E-state index is 4.55. The zero-order chi connectivity index (χ0) is 9.31. The molecule has 1 atom stereocenters. The average Bonchev–Trinajstić information content (AvgIpc) is 2.48. The molecule has 74 valence electrons. The Balaban J connectivity index is 1.92. The first-order chi connectivity index (χ1) is 6.17. The van der Waals surface area contributed by atoms with E-state index in [-0.39, 0.29) is 4.75 Å². The van der Waals surface area contributed by atoms with Gasteiger partial charge in [0, 0.05) is 37.1 Å². The summed E-state index contributed by atoms with van der Waals surface area (Å²) < 4.78 is 0.232. The molecule has 0 bridgehead atoms. The lowest BCUT2D eigenvalue weighted by atomic mass is 10.2. The van der Waals surface area contributed by atoms with E-state index in [4.69, 9.17) is 0 Å². The van der Waals surface area contributed by atoms with Crippen LogP contribution in [-0.4, -0.2) is 47.5 Å². The topological polar surface area (TPSA) is 27.6 Å². The van der Waals surface area contributed by atoms with Crippen molar-refractivity contribution < 1.29 is 0 Å². The number of nitrogens with one attached hydrogen (secondary N) is 1. The quantitative estimate of drug-likeness (QED) is 0.676. The van der Waals surface area contributed by atoms with E-state index in [0.29, 0.717) is 5.50 Å². The lowest BCUT2D eigenvalue weighted by Gasteiger charge is -2.31. The van der Waals surface area contributed by atoms with Crippen molar-refractivity contribution in [2.45, 2.75) is 24.1 Å². The van der Waals surface area contributed by atoms with Crippen LogP contribution in [0.5, 0.6) is 0 Å². The SMILES string of the molecule is CC1(C)C=N[C@@H](N2CCNCC2)S1. The van der Waals surface area contributed by atoms with Gasteiger partial charge in [-0.3, -0.25) is 9.89 Å². The third kappa shape index (κ3) is 2.24. The predicted octanol–water partition coefficient (Wildman–Crippen LogP) is 0.771. The summed E-state index contributed by atoms with van der Waals surface area (Å²) in [7, 11) is 0. The van der Waals surface area contributed by atoms with Gasteiger partial charge in [-0.05, 0) is 13.8 Å². The fourth-order valence-electron chi connectivity index (χ4n) is 1.65. The van der Waals surface area contributed by atoms with Crippen LogP contribution in [0.4, 0.5) is 0 Å². The van der Waals surface area contributed by atoms with Gasteiger partial charge in [0.2, 0.25) is 0 Å². The van der Waals surface area contributed by atoms with Crippen LogP contribution in [0.2, 0.25) is 0 Å². The van der Waals surface area contributed by atoms with Gasteiger partial charge in [-0.2, -0.15) is 0 Å². The van der Waals surface area contributed by atoms with E-state index >= 15 is 0 Å². The van der Waals surface area contributed by atoms with E-state index in [2.05, 4.69) is 35.3 Å². The van der Waals surface area contributed by atoms with Gasteiger partial charge in [0.1, 0.15) is 5.50 Å². The summed E-state index contributed by atoms with van der Waals surface area (Å²) in [6.07, 6.45) is 2.09. The standard InChI is InChI=1S/C9H17N3S/c1-9(2)7-11-8(13-9)12-5-3-10-4-6-12/h7-8,10H,3-6H2,1-2H3/t8-/m0/s1. The van der Waals surface area contributed by atoms with Crippen molar-refractivity contribution in [3.05, 3.63) is 0 Å². The van der Waals surface area contributed by atoms with Crippen LogP contribution < -0.4 is 5.32 Å². The molecule has 0 aliphatic carbocycles. The monoisotopic (exact) mass is 199 g/mol. The Morgan fingerprint density at radius 2 is 2.15 bits per heavy atom. The Morgan fingerprint density at radius 3 is 2.69 bits per heavy atom. The van der Waals surface area contributed by atoms with Gasteiger partial charge in [0.15, 0.2) is 0 Å². The van der Waals surface area contributed by atoms with Crippen molar-refractivity contribution in [2.75, 3.05) is 26.2 Å². The zero-order valence-corrected chi connectivity index (χ0v) is 9.10. The van der Waals surface area contributed by atoms with Crippen LogP contribution in [0.25, 0.3) is 0 Å². The normalized spacial score (nSPS) is 33.8. The maximum atomic E-state index is 4.55. The second-order valence-corrected chi connectivity index (χ2v) is 5.82. The molecule has 0 saturated carbocycles. The third-order valence-electron chi connectivity index (χ3n) is 2.39. The first kappa shape index (κ1) is 9.49. The van der Waals surface area contributed by atoms with Crippen LogP contribution >= 0.6 is 11.8 Å². The molecule has 0 aromatic carbocycles. The number of piperazine rings is 1. The number of thioether (sulfide) groups is 1. The summed E-state index contributed by atoms with van der Waals surface area (Å²) in [5.74, 6) is 0. The highest BCUT2D eigenvalue weighted by Gasteiger charge is 2.31. The van der Waals surface area contributed by atoms with Crippen LogP contribution in [-0.2, 0) is 0 Å². The van der Waals surface area contributed by atoms with Crippen LogP contribution in [0.1, 0.15) is 13.8 Å². The van der Waals surface area contributed by atoms with Crippen molar-refractivity contribution in [1.29, 1.82) is 0 Å². The predicted molar refractivity (Wildman–Crippen MR) is 58.4 cm³/mol. The molecule has 1 fully saturated rings. The minimum Gasteiger partial charge on any atom is -0.314 e. The molecule has 2 aliphatic heterocycles. The number of hydrogen-bond donors (Lipinski definition) is 1. The van der Waals surface area contributed by atoms with Gasteiger partial charge < -0.3 is 5.32 Å². The lowest BCUT2D eigenvalue weighted by Crippen LogP contribution is -2.46. The first-order valence-electron chi connectivity index (χ1n) is 4.84. The van der Waals surface area contributed by atoms with E-state index in [0.717, 1.165) is 26.2 Å². The second kappa shape index (κ2) is 3.59. The highest BCUT2D eigenvalue weighted by molar-refractivity contribution is 8.02. The molecule has 0 amide bonds. The molecule has 0 spiro atoms. The summed E-state index contributed by atoms with van der Waals surface area (Å²) in [6, 6.07) is 0. The fraction of sp³-hybridized carbons (Fsp3) is 0.889.